The van der Waals surface area contributed by atoms with Crippen molar-refractivity contribution in [1.82, 2.24) is 0 Å². The van der Waals surface area contributed by atoms with E-state index in [1.807, 2.05) is 0 Å². The summed E-state index contributed by atoms with van der Waals surface area (Å²) < 4.78 is 32.1. The van der Waals surface area contributed by atoms with Gasteiger partial charge in [0.2, 0.25) is 0 Å². The van der Waals surface area contributed by atoms with Gasteiger partial charge >= 0.3 is 7.82 Å². The monoisotopic (exact) mass is 220 g/mol. The molecule has 0 radical (unpaired) electrons. The van der Waals surface area contributed by atoms with Crippen molar-refractivity contribution in [1.29, 1.82) is 0 Å². The predicted octanol–water partition coefficient (Wildman–Crippen LogP) is 2.09. The second kappa shape index (κ2) is 4.66. The molecule has 1 aromatic carbocycles. The molecular weight excluding hydrogens is 210 g/mol. The van der Waals surface area contributed by atoms with E-state index >= 15 is 0 Å². The Balaban J connectivity index is 2.54. The van der Waals surface area contributed by atoms with Crippen LogP contribution in [-0.2, 0) is 20.2 Å². The molecule has 6 heteroatoms. The highest BCUT2D eigenvalue weighted by Gasteiger charge is 2.17. The maximum Gasteiger partial charge on any atom is 0.472 e. The van der Waals surface area contributed by atoms with E-state index in [9.17, 15) is 8.96 Å². The van der Waals surface area contributed by atoms with Crippen LogP contribution in [0.3, 0.4) is 0 Å². The van der Waals surface area contributed by atoms with Crippen LogP contribution < -0.4 is 0 Å². The van der Waals surface area contributed by atoms with Crippen LogP contribution in [0.5, 0.6) is 0 Å². The van der Waals surface area contributed by atoms with Gasteiger partial charge in [-0.3, -0.25) is 9.05 Å². The van der Waals surface area contributed by atoms with Gasteiger partial charge in [0.15, 0.2) is 0 Å². The highest BCUT2D eigenvalue weighted by atomic mass is 31.2. The van der Waals surface area contributed by atoms with Gasteiger partial charge < -0.3 is 4.89 Å². The van der Waals surface area contributed by atoms with E-state index in [1.165, 1.54) is 24.3 Å². The fourth-order valence-corrected chi connectivity index (χ4v) is 1.21. The molecular formula is C8H10FO4P. The molecule has 0 bridgehead atoms. The Kier molecular flexibility index (Phi) is 3.77. The number of phosphoric acid groups is 1. The van der Waals surface area contributed by atoms with Crippen LogP contribution in [-0.4, -0.2) is 12.0 Å². The van der Waals surface area contributed by atoms with E-state index < -0.39 is 7.82 Å². The van der Waals surface area contributed by atoms with Crippen LogP contribution in [0.15, 0.2) is 24.3 Å². The lowest BCUT2D eigenvalue weighted by Gasteiger charge is -2.08. The lowest BCUT2D eigenvalue weighted by Crippen LogP contribution is -1.93. The Labute approximate surface area is 80.9 Å². The van der Waals surface area contributed by atoms with E-state index in [-0.39, 0.29) is 12.4 Å². The van der Waals surface area contributed by atoms with Gasteiger partial charge in [0.1, 0.15) is 5.82 Å². The Bertz CT molecular complexity index is 338. The summed E-state index contributed by atoms with van der Waals surface area (Å²) in [4.78, 5) is 8.88. The highest BCUT2D eigenvalue weighted by molar-refractivity contribution is 7.47. The van der Waals surface area contributed by atoms with Crippen molar-refractivity contribution in [2.45, 2.75) is 6.61 Å². The zero-order valence-electron chi connectivity index (χ0n) is 7.51. The second-order valence-electron chi connectivity index (χ2n) is 2.55. The van der Waals surface area contributed by atoms with Gasteiger partial charge in [0.05, 0.1) is 6.61 Å². The highest BCUT2D eigenvalue weighted by Crippen LogP contribution is 2.42. The van der Waals surface area contributed by atoms with Crippen molar-refractivity contribution in [3.05, 3.63) is 35.6 Å². The topological polar surface area (TPSA) is 55.8 Å². The first-order valence-electron chi connectivity index (χ1n) is 3.81. The number of halogens is 1. The predicted molar refractivity (Wildman–Crippen MR) is 48.0 cm³/mol. The van der Waals surface area contributed by atoms with Crippen molar-refractivity contribution in [2.24, 2.45) is 0 Å². The second-order valence-corrected chi connectivity index (χ2v) is 4.11. The molecule has 0 amide bonds. The van der Waals surface area contributed by atoms with Gasteiger partial charge in [-0.15, -0.1) is 0 Å². The van der Waals surface area contributed by atoms with E-state index in [1.54, 1.807) is 0 Å². The van der Waals surface area contributed by atoms with Gasteiger partial charge in [0.25, 0.3) is 0 Å². The van der Waals surface area contributed by atoms with Crippen LogP contribution in [0.1, 0.15) is 5.56 Å². The minimum atomic E-state index is -3.94. The summed E-state index contributed by atoms with van der Waals surface area (Å²) in [6.45, 7) is -0.0953. The summed E-state index contributed by atoms with van der Waals surface area (Å²) in [6.07, 6.45) is 0. The third-order valence-corrected chi connectivity index (χ3v) is 2.46. The van der Waals surface area contributed by atoms with Crippen molar-refractivity contribution in [3.63, 3.8) is 0 Å². The zero-order chi connectivity index (χ0) is 10.6. The molecule has 0 aliphatic rings. The summed E-state index contributed by atoms with van der Waals surface area (Å²) in [5.74, 6) is -0.368. The SMILES string of the molecule is COP(=O)(O)OCc1ccc(F)cc1. The first kappa shape index (κ1) is 11.3. The molecule has 0 saturated carbocycles. The van der Waals surface area contributed by atoms with Gasteiger partial charge in [-0.25, -0.2) is 8.96 Å². The van der Waals surface area contributed by atoms with Crippen LogP contribution in [0.25, 0.3) is 0 Å². The van der Waals surface area contributed by atoms with Crippen molar-refractivity contribution in [2.75, 3.05) is 7.11 Å². The molecule has 0 aliphatic heterocycles. The number of hydrogen-bond donors (Lipinski definition) is 1. The molecule has 4 nitrogen and oxygen atoms in total. The summed E-state index contributed by atoms with van der Waals surface area (Å²) in [5, 5.41) is 0. The molecule has 0 saturated heterocycles. The van der Waals surface area contributed by atoms with Crippen LogP contribution >= 0.6 is 7.82 Å². The molecule has 1 rings (SSSR count). The van der Waals surface area contributed by atoms with Crippen LogP contribution in [0.2, 0.25) is 0 Å². The van der Waals surface area contributed by atoms with Crippen molar-refractivity contribution >= 4 is 7.82 Å². The maximum absolute atomic E-state index is 12.5. The third-order valence-electron chi connectivity index (χ3n) is 1.54. The van der Waals surface area contributed by atoms with Gasteiger partial charge in [0, 0.05) is 7.11 Å². The molecule has 14 heavy (non-hydrogen) atoms. The minimum Gasteiger partial charge on any atom is -0.302 e. The maximum atomic E-state index is 12.5. The quantitative estimate of drug-likeness (QED) is 0.789. The summed E-state index contributed by atoms with van der Waals surface area (Å²) in [5.41, 5.74) is 0.595. The molecule has 1 aromatic rings. The van der Waals surface area contributed by atoms with Gasteiger partial charge in [-0.05, 0) is 17.7 Å². The molecule has 1 N–H and O–H groups in total. The fraction of sp³-hybridized carbons (Fsp3) is 0.250. The number of rotatable bonds is 4. The largest absolute Gasteiger partial charge is 0.472 e. The first-order valence-corrected chi connectivity index (χ1v) is 5.30. The molecule has 0 heterocycles. The molecule has 1 unspecified atom stereocenters. The number of phosphoric ester groups is 1. The Hall–Kier alpha value is -0.740. The van der Waals surface area contributed by atoms with E-state index in [2.05, 4.69) is 9.05 Å². The average Bonchev–Trinajstić information content (AvgIpc) is 2.17. The molecule has 0 fully saturated rings. The lowest BCUT2D eigenvalue weighted by molar-refractivity contribution is 0.166. The van der Waals surface area contributed by atoms with Crippen molar-refractivity contribution < 1.29 is 22.9 Å². The van der Waals surface area contributed by atoms with Gasteiger partial charge in [-0.2, -0.15) is 0 Å². The molecule has 0 aromatic heterocycles. The van der Waals surface area contributed by atoms with E-state index in [0.717, 1.165) is 7.11 Å². The fourth-order valence-electron chi connectivity index (χ4n) is 0.789. The Morgan fingerprint density at radius 3 is 2.50 bits per heavy atom. The molecule has 78 valence electrons. The molecule has 0 spiro atoms. The standard InChI is InChI=1S/C8H10FO4P/c1-12-14(10,11)13-6-7-2-4-8(9)5-3-7/h2-5H,6H2,1H3,(H,10,11). The average molecular weight is 220 g/mol. The van der Waals surface area contributed by atoms with Gasteiger partial charge in [-0.1, -0.05) is 12.1 Å². The zero-order valence-corrected chi connectivity index (χ0v) is 8.41. The Morgan fingerprint density at radius 2 is 2.00 bits per heavy atom. The smallest absolute Gasteiger partial charge is 0.302 e. The summed E-state index contributed by atoms with van der Waals surface area (Å²) in [6, 6.07) is 5.41. The van der Waals surface area contributed by atoms with Crippen molar-refractivity contribution in [3.8, 4) is 0 Å². The number of hydrogen-bond acceptors (Lipinski definition) is 3. The summed E-state index contributed by atoms with van der Waals surface area (Å²) >= 11 is 0. The Morgan fingerprint density at radius 1 is 1.43 bits per heavy atom. The van der Waals surface area contributed by atoms with Crippen LogP contribution in [0.4, 0.5) is 4.39 Å². The summed E-state index contributed by atoms with van der Waals surface area (Å²) in [7, 11) is -2.87. The minimum absolute atomic E-state index is 0.0953. The van der Waals surface area contributed by atoms with E-state index in [4.69, 9.17) is 4.89 Å². The molecule has 1 atom stereocenters. The number of benzene rings is 1. The first-order chi connectivity index (χ1) is 6.53. The normalized spacial score (nSPS) is 15.1. The third kappa shape index (κ3) is 3.55. The van der Waals surface area contributed by atoms with Crippen LogP contribution in [0, 0.1) is 5.82 Å². The van der Waals surface area contributed by atoms with E-state index in [0.29, 0.717) is 5.56 Å². The molecule has 0 aliphatic carbocycles. The lowest BCUT2D eigenvalue weighted by atomic mass is 10.2.